The highest BCUT2D eigenvalue weighted by molar-refractivity contribution is 7.99. The lowest BCUT2D eigenvalue weighted by Gasteiger charge is -2.26. The fourth-order valence-corrected chi connectivity index (χ4v) is 6.85. The number of hydrogen-bond acceptors (Lipinski definition) is 6. The van der Waals surface area contributed by atoms with Crippen molar-refractivity contribution in [3.8, 4) is 0 Å². The van der Waals surface area contributed by atoms with Gasteiger partial charge in [-0.2, -0.15) is 4.31 Å². The lowest BCUT2D eigenvalue weighted by molar-refractivity contribution is 0.0730. The Labute approximate surface area is 205 Å². The number of aryl methyl sites for hydroxylation is 2. The molecular weight excluding hydrogens is 472 g/mol. The summed E-state index contributed by atoms with van der Waals surface area (Å²) in [6.07, 6.45) is 1.02. The van der Waals surface area contributed by atoms with Crippen molar-refractivity contribution in [1.82, 2.24) is 18.4 Å². The van der Waals surface area contributed by atoms with Crippen molar-refractivity contribution in [1.29, 1.82) is 0 Å². The van der Waals surface area contributed by atoms with E-state index in [0.717, 1.165) is 35.4 Å². The first kappa shape index (κ1) is 25.0. The predicted molar refractivity (Wildman–Crippen MR) is 134 cm³/mol. The molecule has 1 aliphatic heterocycles. The van der Waals surface area contributed by atoms with Crippen molar-refractivity contribution in [3.63, 3.8) is 0 Å². The Morgan fingerprint density at radius 1 is 1.12 bits per heavy atom. The highest BCUT2D eigenvalue weighted by Crippen LogP contribution is 2.28. The van der Waals surface area contributed by atoms with Crippen LogP contribution in [0, 0.1) is 13.8 Å². The minimum atomic E-state index is -3.60. The van der Waals surface area contributed by atoms with Crippen LogP contribution in [0.3, 0.4) is 0 Å². The topological polar surface area (TPSA) is 86.4 Å². The van der Waals surface area contributed by atoms with Crippen LogP contribution in [0.15, 0.2) is 34.3 Å². The standard InChI is InChI=1S/C24H32N4O4S2/c1-5-9-28-17(3)14-20(18(28)4)23(29)16-33-24-25-21-15-19(7-8-22(21)27(24)6-2)34(30,31)26-10-12-32-13-11-26/h7-8,14-15H,5-6,9-13,16H2,1-4H3. The number of fused-ring (bicyclic) bond motifs is 1. The molecule has 0 N–H and O–H groups in total. The fraction of sp³-hybridized carbons (Fsp3) is 0.500. The minimum absolute atomic E-state index is 0.0748. The zero-order valence-corrected chi connectivity index (χ0v) is 21.8. The van der Waals surface area contributed by atoms with Gasteiger partial charge in [0.25, 0.3) is 0 Å². The van der Waals surface area contributed by atoms with Gasteiger partial charge in [0.2, 0.25) is 10.0 Å². The number of rotatable bonds is 9. The number of sulfonamides is 1. The fourth-order valence-electron chi connectivity index (χ4n) is 4.46. The summed E-state index contributed by atoms with van der Waals surface area (Å²) in [6.45, 7) is 11.3. The smallest absolute Gasteiger partial charge is 0.243 e. The zero-order chi connectivity index (χ0) is 24.5. The summed E-state index contributed by atoms with van der Waals surface area (Å²) in [6, 6.07) is 7.06. The molecular formula is C24H32N4O4S2. The van der Waals surface area contributed by atoms with Gasteiger partial charge < -0.3 is 13.9 Å². The maximum atomic E-state index is 13.1. The maximum absolute atomic E-state index is 13.1. The van der Waals surface area contributed by atoms with E-state index in [2.05, 4.69) is 11.5 Å². The first-order valence-corrected chi connectivity index (χ1v) is 14.1. The first-order valence-electron chi connectivity index (χ1n) is 11.7. The maximum Gasteiger partial charge on any atom is 0.243 e. The van der Waals surface area contributed by atoms with Crippen LogP contribution in [0.25, 0.3) is 11.0 Å². The Kier molecular flexibility index (Phi) is 7.51. The van der Waals surface area contributed by atoms with E-state index in [0.29, 0.717) is 43.5 Å². The van der Waals surface area contributed by atoms with Crippen molar-refractivity contribution in [2.24, 2.45) is 0 Å². The molecule has 2 aromatic heterocycles. The molecule has 0 amide bonds. The number of Topliss-reactive ketones (excluding diaryl/α,β-unsaturated/α-hetero) is 1. The van der Waals surface area contributed by atoms with Gasteiger partial charge in [-0.05, 0) is 51.5 Å². The highest BCUT2D eigenvalue weighted by Gasteiger charge is 2.27. The van der Waals surface area contributed by atoms with E-state index in [9.17, 15) is 13.2 Å². The van der Waals surface area contributed by atoms with Crippen LogP contribution in [0.2, 0.25) is 0 Å². The molecule has 0 saturated carbocycles. The largest absolute Gasteiger partial charge is 0.379 e. The molecule has 0 atom stereocenters. The number of nitrogens with zero attached hydrogens (tertiary/aromatic N) is 4. The number of morpholine rings is 1. The average Bonchev–Trinajstić information content (AvgIpc) is 3.34. The quantitative estimate of drug-likeness (QED) is 0.325. The number of imidazole rings is 1. The molecule has 4 rings (SSSR count). The van der Waals surface area contributed by atoms with Crippen LogP contribution in [-0.4, -0.2) is 64.7 Å². The minimum Gasteiger partial charge on any atom is -0.379 e. The third kappa shape index (κ3) is 4.68. The van der Waals surface area contributed by atoms with Crippen LogP contribution in [0.1, 0.15) is 42.0 Å². The SMILES string of the molecule is CCCn1c(C)cc(C(=O)CSc2nc3cc(S(=O)(=O)N4CCOCC4)ccc3n2CC)c1C. The molecule has 0 radical (unpaired) electrons. The van der Waals surface area contributed by atoms with Crippen LogP contribution >= 0.6 is 11.8 Å². The van der Waals surface area contributed by atoms with Crippen LogP contribution < -0.4 is 0 Å². The summed E-state index contributed by atoms with van der Waals surface area (Å²) in [5, 5.41) is 0.717. The van der Waals surface area contributed by atoms with Crippen molar-refractivity contribution < 1.29 is 17.9 Å². The summed E-state index contributed by atoms with van der Waals surface area (Å²) in [5.41, 5.74) is 4.35. The van der Waals surface area contributed by atoms with Gasteiger partial charge in [0.15, 0.2) is 10.9 Å². The predicted octanol–water partition coefficient (Wildman–Crippen LogP) is 3.88. The third-order valence-corrected chi connectivity index (χ3v) is 9.13. The van der Waals surface area contributed by atoms with E-state index in [1.54, 1.807) is 12.1 Å². The van der Waals surface area contributed by atoms with Gasteiger partial charge in [0.1, 0.15) is 0 Å². The molecule has 1 aliphatic rings. The van der Waals surface area contributed by atoms with Crippen molar-refractivity contribution in [2.45, 2.75) is 57.3 Å². The number of benzene rings is 1. The van der Waals surface area contributed by atoms with Crippen molar-refractivity contribution >= 4 is 38.6 Å². The van der Waals surface area contributed by atoms with E-state index in [-0.39, 0.29) is 16.4 Å². The Hall–Kier alpha value is -2.14. The summed E-state index contributed by atoms with van der Waals surface area (Å²) in [7, 11) is -3.60. The number of hydrogen-bond donors (Lipinski definition) is 0. The number of carbonyl (C=O) groups is 1. The van der Waals surface area contributed by atoms with Crippen molar-refractivity contribution in [2.75, 3.05) is 32.1 Å². The molecule has 8 nitrogen and oxygen atoms in total. The third-order valence-electron chi connectivity index (χ3n) is 6.26. The van der Waals surface area contributed by atoms with E-state index >= 15 is 0 Å². The number of thioether (sulfide) groups is 1. The van der Waals surface area contributed by atoms with Gasteiger partial charge in [-0.15, -0.1) is 0 Å². The van der Waals surface area contributed by atoms with Crippen molar-refractivity contribution in [3.05, 3.63) is 41.2 Å². The molecule has 10 heteroatoms. The van der Waals surface area contributed by atoms with Gasteiger partial charge in [-0.3, -0.25) is 4.79 Å². The number of ketones is 1. The Morgan fingerprint density at radius 2 is 1.85 bits per heavy atom. The highest BCUT2D eigenvalue weighted by atomic mass is 32.2. The second kappa shape index (κ2) is 10.2. The number of ether oxygens (including phenoxy) is 1. The molecule has 0 bridgehead atoms. The van der Waals surface area contributed by atoms with Crippen LogP contribution in [0.4, 0.5) is 0 Å². The average molecular weight is 505 g/mol. The van der Waals surface area contributed by atoms with Gasteiger partial charge in [-0.25, -0.2) is 13.4 Å². The summed E-state index contributed by atoms with van der Waals surface area (Å²) >= 11 is 1.40. The molecule has 1 fully saturated rings. The summed E-state index contributed by atoms with van der Waals surface area (Å²) < 4.78 is 37.1. The lowest BCUT2D eigenvalue weighted by Crippen LogP contribution is -2.40. The van der Waals surface area contributed by atoms with E-state index in [1.807, 2.05) is 37.5 Å². The van der Waals surface area contributed by atoms with Gasteiger partial charge >= 0.3 is 0 Å². The monoisotopic (exact) mass is 504 g/mol. The lowest BCUT2D eigenvalue weighted by atomic mass is 10.2. The Morgan fingerprint density at radius 3 is 2.53 bits per heavy atom. The first-order chi connectivity index (χ1) is 16.3. The van der Waals surface area contributed by atoms with E-state index in [4.69, 9.17) is 9.72 Å². The van der Waals surface area contributed by atoms with Gasteiger partial charge in [-0.1, -0.05) is 18.7 Å². The molecule has 0 unspecified atom stereocenters. The second-order valence-electron chi connectivity index (χ2n) is 8.45. The number of carbonyl (C=O) groups excluding carboxylic acids is 1. The molecule has 1 aromatic carbocycles. The molecule has 34 heavy (non-hydrogen) atoms. The second-order valence-corrected chi connectivity index (χ2v) is 11.3. The molecule has 0 aliphatic carbocycles. The van der Waals surface area contributed by atoms with Gasteiger partial charge in [0.05, 0.1) is 34.9 Å². The number of aromatic nitrogens is 3. The van der Waals surface area contributed by atoms with Crippen LogP contribution in [0.5, 0.6) is 0 Å². The zero-order valence-electron chi connectivity index (χ0n) is 20.2. The summed E-state index contributed by atoms with van der Waals surface area (Å²) in [5.74, 6) is 0.351. The van der Waals surface area contributed by atoms with Crippen LogP contribution in [-0.2, 0) is 27.8 Å². The molecule has 0 spiro atoms. The Bertz CT molecular complexity index is 1300. The molecule has 184 valence electrons. The molecule has 1 saturated heterocycles. The molecule has 3 heterocycles. The molecule has 3 aromatic rings. The van der Waals surface area contributed by atoms with E-state index < -0.39 is 10.0 Å². The summed E-state index contributed by atoms with van der Waals surface area (Å²) in [4.78, 5) is 18.0. The normalized spacial score (nSPS) is 15.3. The Balaban J connectivity index is 1.57. The van der Waals surface area contributed by atoms with Gasteiger partial charge in [0, 0.05) is 43.1 Å². The van der Waals surface area contributed by atoms with E-state index in [1.165, 1.54) is 16.1 Å².